The van der Waals surface area contributed by atoms with Gasteiger partial charge in [-0.1, -0.05) is 6.07 Å². The Morgan fingerprint density at radius 3 is 3.09 bits per heavy atom. The molecular formula is C15H11F2N3OS2. The maximum Gasteiger partial charge on any atom is 0.272 e. The number of rotatable bonds is 3. The van der Waals surface area contributed by atoms with Crippen molar-refractivity contribution < 1.29 is 8.78 Å². The fourth-order valence-electron chi connectivity index (χ4n) is 2.52. The summed E-state index contributed by atoms with van der Waals surface area (Å²) in [5, 5.41) is 3.07. The van der Waals surface area contributed by atoms with Crippen molar-refractivity contribution in [2.24, 2.45) is 0 Å². The number of fused-ring (bicyclic) bond motifs is 3. The zero-order valence-corrected chi connectivity index (χ0v) is 13.4. The molecule has 0 radical (unpaired) electrons. The lowest BCUT2D eigenvalue weighted by Gasteiger charge is -2.04. The molecule has 118 valence electrons. The highest BCUT2D eigenvalue weighted by atomic mass is 32.2. The van der Waals surface area contributed by atoms with E-state index >= 15 is 0 Å². The first-order chi connectivity index (χ1) is 11.1. The summed E-state index contributed by atoms with van der Waals surface area (Å²) in [4.78, 5) is 16.9. The summed E-state index contributed by atoms with van der Waals surface area (Å²) < 4.78 is 28.3. The van der Waals surface area contributed by atoms with E-state index < -0.39 is 11.6 Å². The summed E-state index contributed by atoms with van der Waals surface area (Å²) in [5.74, 6) is 0.230. The van der Waals surface area contributed by atoms with Crippen LogP contribution in [0.25, 0.3) is 5.65 Å². The van der Waals surface area contributed by atoms with E-state index in [0.29, 0.717) is 17.1 Å². The van der Waals surface area contributed by atoms with Gasteiger partial charge < -0.3 is 0 Å². The fourth-order valence-corrected chi connectivity index (χ4v) is 4.43. The number of aromatic amines is 1. The van der Waals surface area contributed by atoms with Crippen LogP contribution in [0.4, 0.5) is 8.78 Å². The molecule has 0 aliphatic carbocycles. The lowest BCUT2D eigenvalue weighted by Crippen LogP contribution is -2.15. The van der Waals surface area contributed by atoms with Crippen molar-refractivity contribution in [1.82, 2.24) is 14.6 Å². The normalized spacial score (nSPS) is 13.7. The van der Waals surface area contributed by atoms with E-state index in [1.807, 2.05) is 0 Å². The van der Waals surface area contributed by atoms with Crippen LogP contribution in [0, 0.1) is 11.6 Å². The van der Waals surface area contributed by atoms with E-state index in [2.05, 4.69) is 10.1 Å². The highest BCUT2D eigenvalue weighted by Gasteiger charge is 2.20. The lowest BCUT2D eigenvalue weighted by molar-refractivity contribution is 0.491. The van der Waals surface area contributed by atoms with Crippen LogP contribution in [0.1, 0.15) is 17.0 Å². The Kier molecular flexibility index (Phi) is 3.65. The number of halogens is 2. The first kappa shape index (κ1) is 14.8. The number of thioether (sulfide) groups is 2. The van der Waals surface area contributed by atoms with E-state index in [1.165, 1.54) is 22.7 Å². The SMILES string of the molecule is O=c1cc(CSc2cccc(F)c2F)nc2c3c([nH]n12)CSC3. The minimum absolute atomic E-state index is 0.190. The molecule has 0 saturated carbocycles. The van der Waals surface area contributed by atoms with Gasteiger partial charge >= 0.3 is 0 Å². The van der Waals surface area contributed by atoms with E-state index in [9.17, 15) is 13.6 Å². The smallest absolute Gasteiger partial charge is 0.272 e. The maximum absolute atomic E-state index is 13.7. The second-order valence-electron chi connectivity index (χ2n) is 5.15. The van der Waals surface area contributed by atoms with Gasteiger partial charge in [-0.05, 0) is 12.1 Å². The molecule has 3 heterocycles. The Morgan fingerprint density at radius 1 is 1.35 bits per heavy atom. The second-order valence-corrected chi connectivity index (χ2v) is 7.15. The van der Waals surface area contributed by atoms with Gasteiger partial charge in [0, 0.05) is 39.5 Å². The Balaban J connectivity index is 1.67. The standard InChI is InChI=1S/C15H11F2N3OS2/c16-10-2-1-3-12(14(10)17)23-5-8-4-13(21)20-15(18-8)9-6-22-7-11(9)19-20/h1-4,19H,5-7H2. The maximum atomic E-state index is 13.7. The summed E-state index contributed by atoms with van der Waals surface area (Å²) >= 11 is 2.89. The summed E-state index contributed by atoms with van der Waals surface area (Å²) in [6, 6.07) is 5.48. The molecule has 1 aliphatic rings. The van der Waals surface area contributed by atoms with Crippen molar-refractivity contribution in [2.75, 3.05) is 0 Å². The minimum atomic E-state index is -0.876. The van der Waals surface area contributed by atoms with Crippen molar-refractivity contribution >= 4 is 29.2 Å². The molecular weight excluding hydrogens is 340 g/mol. The zero-order valence-electron chi connectivity index (χ0n) is 11.8. The Morgan fingerprint density at radius 2 is 2.22 bits per heavy atom. The van der Waals surface area contributed by atoms with Crippen LogP contribution in [0.2, 0.25) is 0 Å². The molecule has 1 aliphatic heterocycles. The molecule has 23 heavy (non-hydrogen) atoms. The Bertz CT molecular complexity index is 967. The number of hydrogen-bond acceptors (Lipinski definition) is 4. The molecule has 0 saturated heterocycles. The number of nitrogens with one attached hydrogen (secondary N) is 1. The van der Waals surface area contributed by atoms with Crippen molar-refractivity contribution in [2.45, 2.75) is 22.2 Å². The molecule has 2 aromatic heterocycles. The van der Waals surface area contributed by atoms with E-state index in [1.54, 1.807) is 11.8 Å². The molecule has 0 unspecified atom stereocenters. The predicted octanol–water partition coefficient (Wildman–Crippen LogP) is 3.34. The van der Waals surface area contributed by atoms with Gasteiger partial charge in [-0.3, -0.25) is 9.89 Å². The summed E-state index contributed by atoms with van der Waals surface area (Å²) in [7, 11) is 0. The molecule has 0 atom stereocenters. The monoisotopic (exact) mass is 351 g/mol. The quantitative estimate of drug-likeness (QED) is 0.736. The second kappa shape index (κ2) is 5.68. The number of hydrogen-bond donors (Lipinski definition) is 1. The summed E-state index contributed by atoms with van der Waals surface area (Å²) in [6.07, 6.45) is 0. The predicted molar refractivity (Wildman–Crippen MR) is 86.7 cm³/mol. The van der Waals surface area contributed by atoms with Gasteiger partial charge in [0.15, 0.2) is 17.3 Å². The fraction of sp³-hybridized carbons (Fsp3) is 0.200. The van der Waals surface area contributed by atoms with Gasteiger partial charge in [-0.25, -0.2) is 18.3 Å². The topological polar surface area (TPSA) is 50.2 Å². The van der Waals surface area contributed by atoms with Crippen LogP contribution in [-0.2, 0) is 17.3 Å². The van der Waals surface area contributed by atoms with Crippen molar-refractivity contribution in [3.05, 3.63) is 63.2 Å². The Hall–Kier alpha value is -1.80. The average Bonchev–Trinajstić information content (AvgIpc) is 3.11. The first-order valence-corrected chi connectivity index (χ1v) is 9.04. The molecule has 4 nitrogen and oxygen atoms in total. The van der Waals surface area contributed by atoms with Gasteiger partial charge in [0.1, 0.15) is 0 Å². The molecule has 0 amide bonds. The highest BCUT2D eigenvalue weighted by Crippen LogP contribution is 2.31. The van der Waals surface area contributed by atoms with Crippen LogP contribution in [0.3, 0.4) is 0 Å². The van der Waals surface area contributed by atoms with Crippen LogP contribution < -0.4 is 5.56 Å². The number of aromatic nitrogens is 3. The van der Waals surface area contributed by atoms with Gasteiger partial charge in [0.2, 0.25) is 0 Å². The molecule has 0 spiro atoms. The van der Waals surface area contributed by atoms with Crippen LogP contribution in [-0.4, -0.2) is 14.6 Å². The molecule has 8 heteroatoms. The largest absolute Gasteiger partial charge is 0.293 e. The van der Waals surface area contributed by atoms with Crippen LogP contribution in [0.15, 0.2) is 34.0 Å². The Labute approximate surface area is 138 Å². The van der Waals surface area contributed by atoms with Gasteiger partial charge in [0.05, 0.1) is 5.69 Å². The number of nitrogens with zero attached hydrogens (tertiary/aromatic N) is 2. The number of H-pyrrole nitrogens is 1. The highest BCUT2D eigenvalue weighted by molar-refractivity contribution is 7.98. The molecule has 0 fully saturated rings. The average molecular weight is 351 g/mol. The molecule has 1 N–H and O–H groups in total. The third-order valence-electron chi connectivity index (χ3n) is 3.64. The van der Waals surface area contributed by atoms with Crippen LogP contribution >= 0.6 is 23.5 Å². The van der Waals surface area contributed by atoms with Crippen molar-refractivity contribution in [3.63, 3.8) is 0 Å². The first-order valence-electron chi connectivity index (χ1n) is 6.90. The molecule has 3 aromatic rings. The lowest BCUT2D eigenvalue weighted by atomic mass is 10.3. The van der Waals surface area contributed by atoms with E-state index in [4.69, 9.17) is 0 Å². The van der Waals surface area contributed by atoms with Gasteiger partial charge in [-0.15, -0.1) is 11.8 Å². The van der Waals surface area contributed by atoms with Crippen LogP contribution in [0.5, 0.6) is 0 Å². The number of benzene rings is 1. The summed E-state index contributed by atoms with van der Waals surface area (Å²) in [6.45, 7) is 0. The van der Waals surface area contributed by atoms with Crippen molar-refractivity contribution in [3.8, 4) is 0 Å². The third kappa shape index (κ3) is 2.55. The summed E-state index contributed by atoms with van der Waals surface area (Å²) in [5.41, 5.74) is 3.08. The molecule has 4 rings (SSSR count). The van der Waals surface area contributed by atoms with Gasteiger partial charge in [-0.2, -0.15) is 11.8 Å². The third-order valence-corrected chi connectivity index (χ3v) is 5.69. The van der Waals surface area contributed by atoms with E-state index in [-0.39, 0.29) is 10.5 Å². The van der Waals surface area contributed by atoms with Crippen molar-refractivity contribution in [1.29, 1.82) is 0 Å². The van der Waals surface area contributed by atoms with E-state index in [0.717, 1.165) is 40.6 Å². The minimum Gasteiger partial charge on any atom is -0.293 e. The molecule has 1 aromatic carbocycles. The zero-order chi connectivity index (χ0) is 16.0. The van der Waals surface area contributed by atoms with Gasteiger partial charge in [0.25, 0.3) is 5.56 Å². The molecule has 0 bridgehead atoms.